The summed E-state index contributed by atoms with van der Waals surface area (Å²) in [6, 6.07) is 5.73. The number of fused-ring (bicyclic) bond motifs is 5. The normalized spacial score (nSPS) is 25.9. The Kier molecular flexibility index (Phi) is 4.12. The fourth-order valence-corrected chi connectivity index (χ4v) is 4.89. The number of anilines is 1. The maximum absolute atomic E-state index is 11.0. The van der Waals surface area contributed by atoms with Gasteiger partial charge in [0.25, 0.3) is 0 Å². The summed E-state index contributed by atoms with van der Waals surface area (Å²) in [7, 11) is 0. The molecule has 0 amide bonds. The molecule has 1 aromatic heterocycles. The number of hydrogen-bond acceptors (Lipinski definition) is 5. The van der Waals surface area contributed by atoms with Crippen LogP contribution in [0.2, 0.25) is 5.02 Å². The number of hydrazine groups is 1. The monoisotopic (exact) mass is 345 g/mol. The standard InChI is InChI=1S/C18H22ClN4O/c19-13-1-2-14-15(9-13)22-16-8-11-5-10(3-4-23(21)24)6-12(7-11)17(16)18(14)20/h1-2,9-12H,3-8,21H2,(H2,20,22)/q-1. The quantitative estimate of drug-likeness (QED) is 0.655. The Morgan fingerprint density at radius 2 is 2.12 bits per heavy atom. The van der Waals surface area contributed by atoms with Crippen LogP contribution in [-0.4, -0.2) is 16.7 Å². The molecule has 4 rings (SSSR count). The van der Waals surface area contributed by atoms with Crippen molar-refractivity contribution in [1.29, 1.82) is 0 Å². The van der Waals surface area contributed by atoms with Gasteiger partial charge in [-0.05, 0) is 74.6 Å². The molecule has 2 aliphatic carbocycles. The van der Waals surface area contributed by atoms with Crippen LogP contribution in [0.25, 0.3) is 10.9 Å². The predicted molar refractivity (Wildman–Crippen MR) is 97.3 cm³/mol. The molecule has 0 spiro atoms. The van der Waals surface area contributed by atoms with Crippen LogP contribution in [0.3, 0.4) is 0 Å². The van der Waals surface area contributed by atoms with E-state index in [-0.39, 0.29) is 0 Å². The van der Waals surface area contributed by atoms with Crippen molar-refractivity contribution in [2.24, 2.45) is 17.7 Å². The zero-order chi connectivity index (χ0) is 16.8. The van der Waals surface area contributed by atoms with E-state index in [1.54, 1.807) is 0 Å². The van der Waals surface area contributed by atoms with Crippen molar-refractivity contribution in [3.8, 4) is 0 Å². The van der Waals surface area contributed by atoms with Crippen molar-refractivity contribution >= 4 is 28.2 Å². The Hall–Kier alpha value is -1.40. The van der Waals surface area contributed by atoms with E-state index in [1.807, 2.05) is 18.2 Å². The fourth-order valence-electron chi connectivity index (χ4n) is 4.73. The third kappa shape index (κ3) is 2.86. The van der Waals surface area contributed by atoms with Gasteiger partial charge >= 0.3 is 0 Å². The number of hydroxylamine groups is 1. The number of nitrogens with two attached hydrogens (primary N) is 2. The fraction of sp³-hybridized carbons (Fsp3) is 0.500. The van der Waals surface area contributed by atoms with Crippen LogP contribution < -0.4 is 11.6 Å². The SMILES string of the molecule is Nc1c2c(nc3cc(Cl)ccc13)CC1CC(CCN(N)[O-])CC2C1. The number of aromatic nitrogens is 1. The molecular formula is C18H22ClN4O-. The molecular weight excluding hydrogens is 324 g/mol. The van der Waals surface area contributed by atoms with Crippen LogP contribution in [0.5, 0.6) is 0 Å². The van der Waals surface area contributed by atoms with Crippen molar-refractivity contribution in [2.75, 3.05) is 12.3 Å². The Morgan fingerprint density at radius 3 is 2.92 bits per heavy atom. The van der Waals surface area contributed by atoms with Gasteiger partial charge in [0.15, 0.2) is 0 Å². The highest BCUT2D eigenvalue weighted by Gasteiger charge is 2.37. The van der Waals surface area contributed by atoms with Gasteiger partial charge in [0, 0.05) is 27.4 Å². The first-order valence-electron chi connectivity index (χ1n) is 8.58. The zero-order valence-corrected chi connectivity index (χ0v) is 14.3. The highest BCUT2D eigenvalue weighted by molar-refractivity contribution is 6.31. The van der Waals surface area contributed by atoms with E-state index in [9.17, 15) is 5.21 Å². The Morgan fingerprint density at radius 1 is 1.29 bits per heavy atom. The molecule has 1 aromatic carbocycles. The number of rotatable bonds is 3. The lowest BCUT2D eigenvalue weighted by atomic mass is 9.65. The third-order valence-corrected chi connectivity index (χ3v) is 5.89. The first-order valence-corrected chi connectivity index (χ1v) is 8.96. The van der Waals surface area contributed by atoms with Crippen LogP contribution in [0, 0.1) is 17.0 Å². The average Bonchev–Trinajstić information content (AvgIpc) is 2.52. The zero-order valence-electron chi connectivity index (χ0n) is 13.5. The van der Waals surface area contributed by atoms with E-state index < -0.39 is 0 Å². The summed E-state index contributed by atoms with van der Waals surface area (Å²) >= 11 is 6.11. The molecule has 4 N–H and O–H groups in total. The molecule has 2 aliphatic rings. The molecule has 0 aliphatic heterocycles. The van der Waals surface area contributed by atoms with Crippen LogP contribution in [0.4, 0.5) is 5.69 Å². The largest absolute Gasteiger partial charge is 0.772 e. The van der Waals surface area contributed by atoms with Crippen molar-refractivity contribution in [2.45, 2.75) is 38.0 Å². The van der Waals surface area contributed by atoms with Crippen LogP contribution in [0.1, 0.15) is 42.9 Å². The summed E-state index contributed by atoms with van der Waals surface area (Å²) in [6.45, 7) is 0.404. The molecule has 5 nitrogen and oxygen atoms in total. The van der Waals surface area contributed by atoms with Gasteiger partial charge in [-0.15, -0.1) is 0 Å². The van der Waals surface area contributed by atoms with Gasteiger partial charge in [-0.3, -0.25) is 10.8 Å². The molecule has 128 valence electrons. The summed E-state index contributed by atoms with van der Waals surface area (Å²) in [5, 5.41) is 13.2. The smallest absolute Gasteiger partial charge is 0.0741 e. The first kappa shape index (κ1) is 16.1. The highest BCUT2D eigenvalue weighted by atomic mass is 35.5. The van der Waals surface area contributed by atoms with E-state index in [4.69, 9.17) is 28.2 Å². The Bertz CT molecular complexity index is 779. The lowest BCUT2D eigenvalue weighted by molar-refractivity contribution is 0.197. The maximum Gasteiger partial charge on any atom is 0.0741 e. The molecule has 1 saturated carbocycles. The van der Waals surface area contributed by atoms with E-state index in [0.717, 1.165) is 48.0 Å². The summed E-state index contributed by atoms with van der Waals surface area (Å²) in [5.41, 5.74) is 10.7. The first-order chi connectivity index (χ1) is 11.5. The van der Waals surface area contributed by atoms with Gasteiger partial charge in [-0.2, -0.15) is 0 Å². The van der Waals surface area contributed by atoms with Crippen molar-refractivity contribution in [3.05, 3.63) is 39.7 Å². The predicted octanol–water partition coefficient (Wildman–Crippen LogP) is 3.59. The van der Waals surface area contributed by atoms with Crippen LogP contribution in [0.15, 0.2) is 18.2 Å². The Labute approximate surface area is 146 Å². The molecule has 6 heteroatoms. The lowest BCUT2D eigenvalue weighted by Gasteiger charge is -2.41. The van der Waals surface area contributed by atoms with Crippen molar-refractivity contribution in [3.63, 3.8) is 0 Å². The second-order valence-electron chi connectivity index (χ2n) is 7.32. The average molecular weight is 346 g/mol. The molecule has 24 heavy (non-hydrogen) atoms. The minimum atomic E-state index is 0.404. The number of hydrogen-bond donors (Lipinski definition) is 2. The number of benzene rings is 1. The van der Waals surface area contributed by atoms with Gasteiger partial charge in [0.1, 0.15) is 0 Å². The molecule has 1 fully saturated rings. The molecule has 1 heterocycles. The molecule has 0 saturated heterocycles. The number of pyridine rings is 1. The van der Waals surface area contributed by atoms with Gasteiger partial charge in [-0.25, -0.2) is 0 Å². The number of nitrogen functional groups attached to an aromatic ring is 1. The number of nitrogens with zero attached hydrogens (tertiary/aromatic N) is 2. The van der Waals surface area contributed by atoms with E-state index in [2.05, 4.69) is 0 Å². The van der Waals surface area contributed by atoms with Gasteiger partial charge < -0.3 is 16.1 Å². The topological polar surface area (TPSA) is 91.2 Å². The van der Waals surface area contributed by atoms with Gasteiger partial charge in [0.2, 0.25) is 0 Å². The summed E-state index contributed by atoms with van der Waals surface area (Å²) in [4.78, 5) is 4.88. The summed E-state index contributed by atoms with van der Waals surface area (Å²) in [6.07, 6.45) is 5.23. The molecule has 3 atom stereocenters. The Balaban J connectivity index is 1.69. The second kappa shape index (κ2) is 6.15. The minimum Gasteiger partial charge on any atom is -0.772 e. The lowest BCUT2D eigenvalue weighted by Crippen LogP contribution is -2.32. The molecule has 0 radical (unpaired) electrons. The van der Waals surface area contributed by atoms with E-state index in [1.165, 1.54) is 12.0 Å². The molecule has 2 aromatic rings. The van der Waals surface area contributed by atoms with Gasteiger partial charge in [0.05, 0.1) is 5.52 Å². The van der Waals surface area contributed by atoms with E-state index >= 15 is 0 Å². The maximum atomic E-state index is 11.0. The summed E-state index contributed by atoms with van der Waals surface area (Å²) in [5.74, 6) is 6.86. The van der Waals surface area contributed by atoms with Crippen LogP contribution in [-0.2, 0) is 6.42 Å². The summed E-state index contributed by atoms with van der Waals surface area (Å²) < 4.78 is 0. The minimum absolute atomic E-state index is 0.404. The van der Waals surface area contributed by atoms with E-state index in [0.29, 0.717) is 34.5 Å². The molecule has 3 unspecified atom stereocenters. The van der Waals surface area contributed by atoms with Crippen LogP contribution >= 0.6 is 11.6 Å². The third-order valence-electron chi connectivity index (χ3n) is 5.66. The molecule has 2 bridgehead atoms. The van der Waals surface area contributed by atoms with Gasteiger partial charge in [-0.1, -0.05) is 11.6 Å². The number of halogens is 1. The van der Waals surface area contributed by atoms with Crippen molar-refractivity contribution < 1.29 is 0 Å². The van der Waals surface area contributed by atoms with Crippen molar-refractivity contribution in [1.82, 2.24) is 10.2 Å². The second-order valence-corrected chi connectivity index (χ2v) is 7.75. The highest BCUT2D eigenvalue weighted by Crippen LogP contribution is 2.49.